The van der Waals surface area contributed by atoms with E-state index < -0.39 is 0 Å². The Morgan fingerprint density at radius 1 is 1.27 bits per heavy atom. The molecule has 0 aromatic heterocycles. The summed E-state index contributed by atoms with van der Waals surface area (Å²) >= 11 is 0. The lowest BCUT2D eigenvalue weighted by molar-refractivity contribution is -0.127. The molecule has 90 valence electrons. The van der Waals surface area contributed by atoms with Crippen molar-refractivity contribution in [3.8, 4) is 0 Å². The van der Waals surface area contributed by atoms with Crippen LogP contribution >= 0.6 is 0 Å². The predicted octanol–water partition coefficient (Wildman–Crippen LogP) is 0.871. The normalized spacial score (nSPS) is 10.3. The highest BCUT2D eigenvalue weighted by atomic mass is 16.5. The minimum Gasteiger partial charge on any atom is -0.381 e. The number of likely N-dealkylation sites (N-methyl/N-ethyl adjacent to an activating group) is 1. The minimum atomic E-state index is 0.113. The highest BCUT2D eigenvalue weighted by Crippen LogP contribution is 1.89. The Labute approximate surface area is 93.0 Å². The third-order valence-electron chi connectivity index (χ3n) is 2.06. The predicted molar refractivity (Wildman–Crippen MR) is 61.9 cm³/mol. The number of hydrogen-bond acceptors (Lipinski definition) is 3. The third-order valence-corrected chi connectivity index (χ3v) is 2.06. The van der Waals surface area contributed by atoms with E-state index in [4.69, 9.17) is 4.74 Å². The first kappa shape index (κ1) is 14.4. The smallest absolute Gasteiger partial charge is 0.236 e. The number of carbonyl (C=O) groups excluding carboxylic acids is 1. The largest absolute Gasteiger partial charge is 0.381 e. The van der Waals surface area contributed by atoms with Crippen LogP contribution in [0.4, 0.5) is 0 Å². The maximum atomic E-state index is 11.1. The van der Waals surface area contributed by atoms with Gasteiger partial charge in [-0.15, -0.1) is 0 Å². The first-order chi connectivity index (χ1) is 7.18. The summed E-state index contributed by atoms with van der Waals surface area (Å²) in [5.74, 6) is 0.113. The van der Waals surface area contributed by atoms with Crippen LogP contribution < -0.4 is 5.32 Å². The molecule has 1 N–H and O–H groups in total. The van der Waals surface area contributed by atoms with Crippen LogP contribution in [0.15, 0.2) is 0 Å². The summed E-state index contributed by atoms with van der Waals surface area (Å²) in [5, 5.41) is 3.09. The van der Waals surface area contributed by atoms with E-state index >= 15 is 0 Å². The van der Waals surface area contributed by atoms with Gasteiger partial charge in [0.2, 0.25) is 5.91 Å². The average molecular weight is 216 g/mol. The molecule has 0 bridgehead atoms. The molecule has 4 heteroatoms. The molecular formula is C11H24N2O2. The Bertz CT molecular complexity index is 161. The molecule has 0 spiro atoms. The molecule has 0 fully saturated rings. The maximum absolute atomic E-state index is 11.1. The van der Waals surface area contributed by atoms with Gasteiger partial charge in [0.05, 0.1) is 6.54 Å². The van der Waals surface area contributed by atoms with Crippen molar-refractivity contribution in [1.29, 1.82) is 0 Å². The summed E-state index contributed by atoms with van der Waals surface area (Å²) in [6, 6.07) is 0. The number of ether oxygens (including phenoxy) is 1. The van der Waals surface area contributed by atoms with Crippen molar-refractivity contribution >= 4 is 5.91 Å². The molecule has 0 atom stereocenters. The van der Waals surface area contributed by atoms with E-state index in [2.05, 4.69) is 12.2 Å². The lowest BCUT2D eigenvalue weighted by Gasteiger charge is -2.10. The van der Waals surface area contributed by atoms with E-state index in [1.807, 2.05) is 0 Å². The molecule has 0 unspecified atom stereocenters. The van der Waals surface area contributed by atoms with Crippen LogP contribution in [0.5, 0.6) is 0 Å². The van der Waals surface area contributed by atoms with E-state index in [-0.39, 0.29) is 5.91 Å². The number of carbonyl (C=O) groups is 1. The van der Waals surface area contributed by atoms with Gasteiger partial charge in [-0.2, -0.15) is 0 Å². The van der Waals surface area contributed by atoms with Gasteiger partial charge >= 0.3 is 0 Å². The molecule has 15 heavy (non-hydrogen) atoms. The van der Waals surface area contributed by atoms with E-state index in [9.17, 15) is 4.79 Å². The van der Waals surface area contributed by atoms with Crippen LogP contribution in [0.2, 0.25) is 0 Å². The summed E-state index contributed by atoms with van der Waals surface area (Å²) in [4.78, 5) is 12.7. The Balaban J connectivity index is 3.08. The molecule has 0 saturated heterocycles. The zero-order valence-electron chi connectivity index (χ0n) is 10.2. The molecule has 0 aliphatic heterocycles. The van der Waals surface area contributed by atoms with Crippen LogP contribution in [0.1, 0.15) is 26.2 Å². The minimum absolute atomic E-state index is 0.113. The van der Waals surface area contributed by atoms with Crippen molar-refractivity contribution in [2.24, 2.45) is 0 Å². The van der Waals surface area contributed by atoms with Crippen molar-refractivity contribution in [1.82, 2.24) is 10.2 Å². The van der Waals surface area contributed by atoms with Crippen molar-refractivity contribution < 1.29 is 9.53 Å². The van der Waals surface area contributed by atoms with Crippen LogP contribution in [0.3, 0.4) is 0 Å². The first-order valence-corrected chi connectivity index (χ1v) is 5.67. The topological polar surface area (TPSA) is 41.6 Å². The number of amides is 1. The molecule has 0 aliphatic rings. The van der Waals surface area contributed by atoms with Gasteiger partial charge in [-0.05, 0) is 19.4 Å². The van der Waals surface area contributed by atoms with Crippen molar-refractivity contribution in [2.45, 2.75) is 26.2 Å². The van der Waals surface area contributed by atoms with Gasteiger partial charge < -0.3 is 15.0 Å². The SMILES string of the molecule is CCCCOCCCNCC(=O)N(C)C. The van der Waals surface area contributed by atoms with Crippen molar-refractivity contribution in [2.75, 3.05) is 40.4 Å². The van der Waals surface area contributed by atoms with Crippen LogP contribution in [-0.2, 0) is 9.53 Å². The number of unbranched alkanes of at least 4 members (excludes halogenated alkanes) is 1. The molecular weight excluding hydrogens is 192 g/mol. The number of rotatable bonds is 9. The second-order valence-corrected chi connectivity index (χ2v) is 3.78. The fraction of sp³-hybridized carbons (Fsp3) is 0.909. The van der Waals surface area contributed by atoms with E-state index in [1.165, 1.54) is 6.42 Å². The van der Waals surface area contributed by atoms with E-state index in [0.717, 1.165) is 32.6 Å². The molecule has 4 nitrogen and oxygen atoms in total. The standard InChI is InChI=1S/C11H24N2O2/c1-4-5-8-15-9-6-7-12-10-11(14)13(2)3/h12H,4-10H2,1-3H3. The number of hydrogen-bond donors (Lipinski definition) is 1. The molecule has 0 aromatic carbocycles. The van der Waals surface area contributed by atoms with Crippen LogP contribution in [0.25, 0.3) is 0 Å². The molecule has 0 rings (SSSR count). The summed E-state index contributed by atoms with van der Waals surface area (Å²) in [6.07, 6.45) is 3.27. The second kappa shape index (κ2) is 9.93. The van der Waals surface area contributed by atoms with Gasteiger partial charge in [-0.25, -0.2) is 0 Å². The zero-order valence-corrected chi connectivity index (χ0v) is 10.2. The molecule has 0 saturated carbocycles. The van der Waals surface area contributed by atoms with Crippen LogP contribution in [0, 0.1) is 0 Å². The Kier molecular flexibility index (Phi) is 9.52. The van der Waals surface area contributed by atoms with Crippen molar-refractivity contribution in [3.63, 3.8) is 0 Å². The van der Waals surface area contributed by atoms with Gasteiger partial charge in [0.1, 0.15) is 0 Å². The summed E-state index contributed by atoms with van der Waals surface area (Å²) in [7, 11) is 3.52. The van der Waals surface area contributed by atoms with E-state index in [0.29, 0.717) is 6.54 Å². The molecule has 0 aliphatic carbocycles. The number of nitrogens with one attached hydrogen (secondary N) is 1. The van der Waals surface area contributed by atoms with Gasteiger partial charge in [0, 0.05) is 27.3 Å². The van der Waals surface area contributed by atoms with E-state index in [1.54, 1.807) is 19.0 Å². The quantitative estimate of drug-likeness (QED) is 0.582. The highest BCUT2D eigenvalue weighted by Gasteiger charge is 2.01. The second-order valence-electron chi connectivity index (χ2n) is 3.78. The Morgan fingerprint density at radius 3 is 2.53 bits per heavy atom. The Hall–Kier alpha value is -0.610. The third kappa shape index (κ3) is 9.69. The highest BCUT2D eigenvalue weighted by molar-refractivity contribution is 5.77. The van der Waals surface area contributed by atoms with Gasteiger partial charge in [0.15, 0.2) is 0 Å². The monoisotopic (exact) mass is 216 g/mol. The maximum Gasteiger partial charge on any atom is 0.236 e. The van der Waals surface area contributed by atoms with Crippen molar-refractivity contribution in [3.05, 3.63) is 0 Å². The lowest BCUT2D eigenvalue weighted by Crippen LogP contribution is -2.33. The summed E-state index contributed by atoms with van der Waals surface area (Å²) in [5.41, 5.74) is 0. The van der Waals surface area contributed by atoms with Crippen LogP contribution in [-0.4, -0.2) is 51.2 Å². The zero-order chi connectivity index (χ0) is 11.5. The lowest BCUT2D eigenvalue weighted by atomic mass is 10.3. The van der Waals surface area contributed by atoms with Gasteiger partial charge in [-0.3, -0.25) is 4.79 Å². The number of nitrogens with zero attached hydrogens (tertiary/aromatic N) is 1. The molecule has 0 aromatic rings. The first-order valence-electron chi connectivity index (χ1n) is 5.67. The Morgan fingerprint density at radius 2 is 1.93 bits per heavy atom. The fourth-order valence-electron chi connectivity index (χ4n) is 1.00. The fourth-order valence-corrected chi connectivity index (χ4v) is 1.00. The average Bonchev–Trinajstić information content (AvgIpc) is 2.21. The molecule has 1 amide bonds. The summed E-state index contributed by atoms with van der Waals surface area (Å²) in [6.45, 7) is 5.04. The molecule has 0 heterocycles. The van der Waals surface area contributed by atoms with Gasteiger partial charge in [-0.1, -0.05) is 13.3 Å². The van der Waals surface area contributed by atoms with Gasteiger partial charge in [0.25, 0.3) is 0 Å². The molecule has 0 radical (unpaired) electrons. The summed E-state index contributed by atoms with van der Waals surface area (Å²) < 4.78 is 5.39.